The summed E-state index contributed by atoms with van der Waals surface area (Å²) in [7, 11) is 0. The minimum atomic E-state index is -1.25. The zero-order chi connectivity index (χ0) is 16.8. The number of azo groups is 1. The normalized spacial score (nSPS) is 10.8. The van der Waals surface area contributed by atoms with E-state index in [2.05, 4.69) is 10.2 Å². The summed E-state index contributed by atoms with van der Waals surface area (Å²) < 4.78 is 0. The van der Waals surface area contributed by atoms with Crippen molar-refractivity contribution in [2.24, 2.45) is 10.2 Å². The number of benzene rings is 2. The molecule has 0 unspecified atom stereocenters. The van der Waals surface area contributed by atoms with Crippen molar-refractivity contribution in [1.29, 1.82) is 0 Å². The summed E-state index contributed by atoms with van der Waals surface area (Å²) in [5.41, 5.74) is 1.48. The van der Waals surface area contributed by atoms with Gasteiger partial charge >= 0.3 is 11.9 Å². The van der Waals surface area contributed by atoms with E-state index in [9.17, 15) is 14.7 Å². The molecule has 0 fully saturated rings. The molecular formula is C16H14N2O5. The molecule has 0 radical (unpaired) electrons. The van der Waals surface area contributed by atoms with Crippen LogP contribution >= 0.6 is 0 Å². The van der Waals surface area contributed by atoms with Crippen LogP contribution in [0.15, 0.2) is 52.7 Å². The first-order valence-electron chi connectivity index (χ1n) is 6.74. The SMILES string of the molecule is O=C(O)CCc1ccc(N=Nc2ccc(O)c(C(=O)O)c2)cc1. The number of rotatable bonds is 6. The second-order valence-corrected chi connectivity index (χ2v) is 4.77. The largest absolute Gasteiger partial charge is 0.507 e. The minimum absolute atomic E-state index is 0.0618. The minimum Gasteiger partial charge on any atom is -0.507 e. The van der Waals surface area contributed by atoms with Gasteiger partial charge in [-0.1, -0.05) is 12.1 Å². The van der Waals surface area contributed by atoms with Crippen LogP contribution in [-0.4, -0.2) is 27.3 Å². The molecular weight excluding hydrogens is 300 g/mol. The Morgan fingerprint density at radius 1 is 0.913 bits per heavy atom. The molecule has 0 heterocycles. The van der Waals surface area contributed by atoms with E-state index in [-0.39, 0.29) is 17.7 Å². The standard InChI is InChI=1S/C16H14N2O5/c19-14-7-6-12(9-13(14)16(22)23)18-17-11-4-1-10(2-5-11)3-8-15(20)21/h1-2,4-7,9,19H,3,8H2,(H,20,21)(H,22,23). The maximum absolute atomic E-state index is 10.9. The van der Waals surface area contributed by atoms with Crippen LogP contribution in [0.25, 0.3) is 0 Å². The van der Waals surface area contributed by atoms with Crippen LogP contribution in [-0.2, 0) is 11.2 Å². The van der Waals surface area contributed by atoms with Gasteiger partial charge in [0.05, 0.1) is 11.4 Å². The van der Waals surface area contributed by atoms with Crippen LogP contribution in [0.5, 0.6) is 5.75 Å². The van der Waals surface area contributed by atoms with Crippen molar-refractivity contribution < 1.29 is 24.9 Å². The van der Waals surface area contributed by atoms with Crippen LogP contribution in [0, 0.1) is 0 Å². The first-order valence-corrected chi connectivity index (χ1v) is 6.74. The van der Waals surface area contributed by atoms with Gasteiger partial charge in [0, 0.05) is 6.42 Å². The van der Waals surface area contributed by atoms with Crippen molar-refractivity contribution in [3.8, 4) is 5.75 Å². The van der Waals surface area contributed by atoms with Crippen molar-refractivity contribution in [2.45, 2.75) is 12.8 Å². The van der Waals surface area contributed by atoms with Crippen LogP contribution in [0.1, 0.15) is 22.3 Å². The maximum atomic E-state index is 10.9. The van der Waals surface area contributed by atoms with Crippen LogP contribution in [0.3, 0.4) is 0 Å². The van der Waals surface area contributed by atoms with Gasteiger partial charge in [-0.2, -0.15) is 10.2 Å². The lowest BCUT2D eigenvalue weighted by molar-refractivity contribution is -0.136. The molecule has 0 aliphatic carbocycles. The molecule has 7 heteroatoms. The summed E-state index contributed by atoms with van der Waals surface area (Å²) in [5.74, 6) is -2.43. The van der Waals surface area contributed by atoms with Gasteiger partial charge in [0.25, 0.3) is 0 Å². The third-order valence-corrected chi connectivity index (χ3v) is 3.06. The lowest BCUT2D eigenvalue weighted by Crippen LogP contribution is -1.96. The maximum Gasteiger partial charge on any atom is 0.339 e. The number of carboxylic acid groups (broad SMARTS) is 2. The summed E-state index contributed by atoms with van der Waals surface area (Å²) in [6.07, 6.45) is 0.499. The molecule has 0 saturated carbocycles. The molecule has 2 aromatic rings. The fraction of sp³-hybridized carbons (Fsp3) is 0.125. The molecule has 0 saturated heterocycles. The topological polar surface area (TPSA) is 120 Å². The molecule has 118 valence electrons. The molecule has 0 atom stereocenters. The molecule has 0 aliphatic heterocycles. The van der Waals surface area contributed by atoms with Gasteiger partial charge < -0.3 is 15.3 Å². The average Bonchev–Trinajstić information content (AvgIpc) is 2.52. The number of aromatic carboxylic acids is 1. The Kier molecular flexibility index (Phi) is 5.03. The summed E-state index contributed by atoms with van der Waals surface area (Å²) in [5, 5.41) is 34.9. The average molecular weight is 314 g/mol. The molecule has 0 spiro atoms. The van der Waals surface area contributed by atoms with E-state index in [0.717, 1.165) is 5.56 Å². The fourth-order valence-corrected chi connectivity index (χ4v) is 1.85. The van der Waals surface area contributed by atoms with Crippen molar-refractivity contribution in [1.82, 2.24) is 0 Å². The van der Waals surface area contributed by atoms with Gasteiger partial charge in [0.1, 0.15) is 11.3 Å². The Bertz CT molecular complexity index is 754. The quantitative estimate of drug-likeness (QED) is 0.705. The molecule has 0 aromatic heterocycles. The molecule has 3 N–H and O–H groups in total. The molecule has 0 amide bonds. The van der Waals surface area contributed by atoms with Crippen LogP contribution in [0.4, 0.5) is 11.4 Å². The van der Waals surface area contributed by atoms with Crippen LogP contribution < -0.4 is 0 Å². The smallest absolute Gasteiger partial charge is 0.339 e. The summed E-state index contributed by atoms with van der Waals surface area (Å²) in [6, 6.07) is 10.8. The highest BCUT2D eigenvalue weighted by atomic mass is 16.4. The van der Waals surface area contributed by atoms with Crippen LogP contribution in [0.2, 0.25) is 0 Å². The Hall–Kier alpha value is -3.22. The Balaban J connectivity index is 2.09. The van der Waals surface area contributed by atoms with E-state index in [1.165, 1.54) is 18.2 Å². The number of aryl methyl sites for hydroxylation is 1. The van der Waals surface area contributed by atoms with Gasteiger partial charge in [0.2, 0.25) is 0 Å². The van der Waals surface area contributed by atoms with E-state index in [4.69, 9.17) is 10.2 Å². The third-order valence-electron chi connectivity index (χ3n) is 3.06. The van der Waals surface area contributed by atoms with Gasteiger partial charge in [-0.3, -0.25) is 4.79 Å². The number of aromatic hydroxyl groups is 1. The second-order valence-electron chi connectivity index (χ2n) is 4.77. The van der Waals surface area contributed by atoms with E-state index in [1.54, 1.807) is 24.3 Å². The number of nitrogens with zero attached hydrogens (tertiary/aromatic N) is 2. The molecule has 0 aliphatic rings. The first-order chi connectivity index (χ1) is 11.0. The molecule has 23 heavy (non-hydrogen) atoms. The van der Waals surface area contributed by atoms with Gasteiger partial charge in [-0.15, -0.1) is 0 Å². The number of phenols is 1. The predicted octanol–water partition coefficient (Wildman–Crippen LogP) is 3.52. The highest BCUT2D eigenvalue weighted by molar-refractivity contribution is 5.91. The molecule has 0 bridgehead atoms. The Labute approximate surface area is 131 Å². The lowest BCUT2D eigenvalue weighted by atomic mass is 10.1. The first kappa shape index (κ1) is 16.2. The number of carboxylic acids is 2. The highest BCUT2D eigenvalue weighted by Gasteiger charge is 2.09. The fourth-order valence-electron chi connectivity index (χ4n) is 1.85. The lowest BCUT2D eigenvalue weighted by Gasteiger charge is -2.01. The van der Waals surface area contributed by atoms with Crippen molar-refractivity contribution >= 4 is 23.3 Å². The number of hydrogen-bond donors (Lipinski definition) is 3. The summed E-state index contributed by atoms with van der Waals surface area (Å²) in [6.45, 7) is 0. The van der Waals surface area contributed by atoms with Crippen molar-refractivity contribution in [3.63, 3.8) is 0 Å². The van der Waals surface area contributed by atoms with E-state index in [0.29, 0.717) is 17.8 Å². The summed E-state index contributed by atoms with van der Waals surface area (Å²) >= 11 is 0. The number of aliphatic carboxylic acids is 1. The third kappa shape index (κ3) is 4.63. The van der Waals surface area contributed by atoms with Gasteiger partial charge in [-0.05, 0) is 42.3 Å². The van der Waals surface area contributed by atoms with Gasteiger partial charge in [0.15, 0.2) is 0 Å². The predicted molar refractivity (Wildman–Crippen MR) is 81.6 cm³/mol. The van der Waals surface area contributed by atoms with E-state index < -0.39 is 11.9 Å². The second kappa shape index (κ2) is 7.17. The zero-order valence-electron chi connectivity index (χ0n) is 12.0. The number of hydrogen-bond acceptors (Lipinski definition) is 5. The van der Waals surface area contributed by atoms with Crippen molar-refractivity contribution in [2.75, 3.05) is 0 Å². The van der Waals surface area contributed by atoms with Crippen molar-refractivity contribution in [3.05, 3.63) is 53.6 Å². The molecule has 7 nitrogen and oxygen atoms in total. The summed E-state index contributed by atoms with van der Waals surface area (Å²) in [4.78, 5) is 21.4. The monoisotopic (exact) mass is 314 g/mol. The van der Waals surface area contributed by atoms with Gasteiger partial charge in [-0.25, -0.2) is 4.79 Å². The Morgan fingerprint density at radius 3 is 2.13 bits per heavy atom. The zero-order valence-corrected chi connectivity index (χ0v) is 12.0. The Morgan fingerprint density at radius 2 is 1.52 bits per heavy atom. The highest BCUT2D eigenvalue weighted by Crippen LogP contribution is 2.25. The van der Waals surface area contributed by atoms with E-state index in [1.807, 2.05) is 0 Å². The molecule has 2 rings (SSSR count). The van der Waals surface area contributed by atoms with E-state index >= 15 is 0 Å². The molecule has 2 aromatic carbocycles. The number of carbonyl (C=O) groups is 2.